The van der Waals surface area contributed by atoms with Gasteiger partial charge in [0.05, 0.1) is 5.56 Å². The third-order valence-electron chi connectivity index (χ3n) is 4.91. The molecule has 0 unspecified atom stereocenters. The molecule has 0 bridgehead atoms. The van der Waals surface area contributed by atoms with E-state index in [1.807, 2.05) is 0 Å². The van der Waals surface area contributed by atoms with Crippen molar-refractivity contribution in [1.82, 2.24) is 19.7 Å². The lowest BCUT2D eigenvalue weighted by molar-refractivity contribution is -0.137. The second-order valence-corrected chi connectivity index (χ2v) is 7.10. The van der Waals surface area contributed by atoms with E-state index in [1.165, 1.54) is 29.5 Å². The second-order valence-electron chi connectivity index (χ2n) is 7.10. The Morgan fingerprint density at radius 3 is 2.62 bits per heavy atom. The van der Waals surface area contributed by atoms with Crippen LogP contribution in [-0.2, 0) is 22.3 Å². The number of hydrogen-bond acceptors (Lipinski definition) is 4. The van der Waals surface area contributed by atoms with Crippen molar-refractivity contribution >= 4 is 17.5 Å². The molecule has 0 radical (unpaired) electrons. The highest BCUT2D eigenvalue weighted by molar-refractivity contribution is 5.90. The Balaban J connectivity index is 1.44. The molecule has 2 aromatic rings. The molecular weight excluding hydrogens is 387 g/mol. The Bertz CT molecular complexity index is 821. The maximum atomic E-state index is 12.6. The molecule has 10 heteroatoms. The number of benzene rings is 1. The molecule has 0 spiro atoms. The van der Waals surface area contributed by atoms with Gasteiger partial charge in [0.25, 0.3) is 0 Å². The first-order valence-electron chi connectivity index (χ1n) is 9.38. The lowest BCUT2D eigenvalue weighted by Crippen LogP contribution is -2.41. The SMILES string of the molecule is O=C(CC[C@H]1CCCN(C(=O)Cn2cncn2)C1)Nc1ccc(C(F)(F)F)cc1. The van der Waals surface area contributed by atoms with Crippen LogP contribution in [0.4, 0.5) is 18.9 Å². The zero-order valence-electron chi connectivity index (χ0n) is 15.7. The van der Waals surface area contributed by atoms with Gasteiger partial charge in [-0.3, -0.25) is 9.59 Å². The minimum Gasteiger partial charge on any atom is -0.341 e. The summed E-state index contributed by atoms with van der Waals surface area (Å²) in [5, 5.41) is 6.55. The van der Waals surface area contributed by atoms with Crippen LogP contribution in [0, 0.1) is 5.92 Å². The van der Waals surface area contributed by atoms with Gasteiger partial charge in [0.1, 0.15) is 19.2 Å². The molecule has 0 aliphatic carbocycles. The zero-order chi connectivity index (χ0) is 20.9. The van der Waals surface area contributed by atoms with Gasteiger partial charge in [-0.2, -0.15) is 18.3 Å². The summed E-state index contributed by atoms with van der Waals surface area (Å²) in [4.78, 5) is 30.1. The highest BCUT2D eigenvalue weighted by Crippen LogP contribution is 2.30. The van der Waals surface area contributed by atoms with E-state index in [0.29, 0.717) is 25.2 Å². The van der Waals surface area contributed by atoms with Crippen molar-refractivity contribution in [2.75, 3.05) is 18.4 Å². The molecule has 1 aromatic carbocycles. The number of aromatic nitrogens is 3. The number of alkyl halides is 3. The number of nitrogens with one attached hydrogen (secondary N) is 1. The van der Waals surface area contributed by atoms with Crippen LogP contribution in [0.2, 0.25) is 0 Å². The number of piperidine rings is 1. The summed E-state index contributed by atoms with van der Waals surface area (Å²) in [6.45, 7) is 1.41. The smallest absolute Gasteiger partial charge is 0.341 e. The molecule has 1 aliphatic rings. The third-order valence-corrected chi connectivity index (χ3v) is 4.91. The predicted octanol–water partition coefficient (Wildman–Crippen LogP) is 2.95. The van der Waals surface area contributed by atoms with Gasteiger partial charge in [0.2, 0.25) is 11.8 Å². The van der Waals surface area contributed by atoms with E-state index in [4.69, 9.17) is 0 Å². The van der Waals surface area contributed by atoms with Gasteiger partial charge in [-0.25, -0.2) is 9.67 Å². The van der Waals surface area contributed by atoms with Gasteiger partial charge in [-0.1, -0.05) is 0 Å². The fraction of sp³-hybridized carbons (Fsp3) is 0.474. The summed E-state index contributed by atoms with van der Waals surface area (Å²) in [5.74, 6) is -0.0768. The molecule has 3 rings (SSSR count). The lowest BCUT2D eigenvalue weighted by Gasteiger charge is -2.32. The topological polar surface area (TPSA) is 80.1 Å². The quantitative estimate of drug-likeness (QED) is 0.796. The van der Waals surface area contributed by atoms with E-state index >= 15 is 0 Å². The summed E-state index contributed by atoms with van der Waals surface area (Å²) in [7, 11) is 0. The molecule has 2 heterocycles. The van der Waals surface area contributed by atoms with E-state index in [0.717, 1.165) is 25.0 Å². The van der Waals surface area contributed by atoms with E-state index in [1.54, 1.807) is 4.90 Å². The minimum atomic E-state index is -4.40. The summed E-state index contributed by atoms with van der Waals surface area (Å²) < 4.78 is 39.2. The van der Waals surface area contributed by atoms with Crippen LogP contribution in [0.5, 0.6) is 0 Å². The highest BCUT2D eigenvalue weighted by atomic mass is 19.4. The summed E-state index contributed by atoms with van der Waals surface area (Å²) in [6.07, 6.45) is 1.12. The minimum absolute atomic E-state index is 0.0330. The first-order chi connectivity index (χ1) is 13.8. The largest absolute Gasteiger partial charge is 0.416 e. The van der Waals surface area contributed by atoms with Crippen LogP contribution in [0.1, 0.15) is 31.2 Å². The molecule has 1 fully saturated rings. The number of rotatable bonds is 6. The van der Waals surface area contributed by atoms with Gasteiger partial charge >= 0.3 is 6.18 Å². The molecule has 1 saturated heterocycles. The molecule has 1 N–H and O–H groups in total. The monoisotopic (exact) mass is 409 g/mol. The number of likely N-dealkylation sites (tertiary alicyclic amines) is 1. The van der Waals surface area contributed by atoms with Crippen molar-refractivity contribution in [2.45, 2.75) is 38.4 Å². The Labute approximate surface area is 165 Å². The Morgan fingerprint density at radius 2 is 1.97 bits per heavy atom. The highest BCUT2D eigenvalue weighted by Gasteiger charge is 2.30. The molecule has 0 saturated carbocycles. The number of anilines is 1. The van der Waals surface area contributed by atoms with Crippen LogP contribution >= 0.6 is 0 Å². The number of hydrogen-bond donors (Lipinski definition) is 1. The summed E-state index contributed by atoms with van der Waals surface area (Å²) in [6, 6.07) is 4.36. The van der Waals surface area contributed by atoms with Crippen molar-refractivity contribution in [3.63, 3.8) is 0 Å². The summed E-state index contributed by atoms with van der Waals surface area (Å²) >= 11 is 0. The molecular formula is C19H22F3N5O2. The predicted molar refractivity (Wildman–Crippen MR) is 98.6 cm³/mol. The third kappa shape index (κ3) is 6.03. The molecule has 156 valence electrons. The molecule has 2 amide bonds. The molecule has 7 nitrogen and oxygen atoms in total. The van der Waals surface area contributed by atoms with Gasteiger partial charge < -0.3 is 10.2 Å². The number of carbonyl (C=O) groups is 2. The van der Waals surface area contributed by atoms with Crippen LogP contribution < -0.4 is 5.32 Å². The average molecular weight is 409 g/mol. The van der Waals surface area contributed by atoms with Crippen molar-refractivity contribution in [1.29, 1.82) is 0 Å². The van der Waals surface area contributed by atoms with E-state index in [9.17, 15) is 22.8 Å². The van der Waals surface area contributed by atoms with Crippen molar-refractivity contribution in [3.8, 4) is 0 Å². The van der Waals surface area contributed by atoms with E-state index in [2.05, 4.69) is 15.4 Å². The maximum absolute atomic E-state index is 12.6. The standard InChI is InChI=1S/C19H22F3N5O2/c20-19(21,22)15-4-6-16(7-5-15)25-17(28)8-3-14-2-1-9-26(10-14)18(29)11-27-13-23-12-24-27/h4-7,12-14H,1-3,8-11H2,(H,25,28)/t14-/m1/s1. The van der Waals surface area contributed by atoms with Crippen LogP contribution in [0.15, 0.2) is 36.9 Å². The first kappa shape index (κ1) is 20.8. The zero-order valence-corrected chi connectivity index (χ0v) is 15.7. The lowest BCUT2D eigenvalue weighted by atomic mass is 9.93. The number of carbonyl (C=O) groups excluding carboxylic acids is 2. The first-order valence-corrected chi connectivity index (χ1v) is 9.38. The van der Waals surface area contributed by atoms with Gasteiger partial charge in [-0.05, 0) is 49.4 Å². The van der Waals surface area contributed by atoms with Crippen LogP contribution in [0.3, 0.4) is 0 Å². The number of halogens is 3. The maximum Gasteiger partial charge on any atom is 0.416 e. The van der Waals surface area contributed by atoms with Crippen molar-refractivity contribution in [3.05, 3.63) is 42.5 Å². The van der Waals surface area contributed by atoms with Gasteiger partial charge in [-0.15, -0.1) is 0 Å². The summed E-state index contributed by atoms with van der Waals surface area (Å²) in [5.41, 5.74) is -0.426. The number of nitrogens with zero attached hydrogens (tertiary/aromatic N) is 4. The molecule has 1 aromatic heterocycles. The van der Waals surface area contributed by atoms with Gasteiger partial charge in [0, 0.05) is 25.2 Å². The Morgan fingerprint density at radius 1 is 1.21 bits per heavy atom. The van der Waals surface area contributed by atoms with Crippen molar-refractivity contribution in [2.24, 2.45) is 5.92 Å². The fourth-order valence-corrected chi connectivity index (χ4v) is 3.38. The second kappa shape index (κ2) is 9.06. The van der Waals surface area contributed by atoms with Crippen LogP contribution in [0.25, 0.3) is 0 Å². The molecule has 1 aliphatic heterocycles. The fourth-order valence-electron chi connectivity index (χ4n) is 3.38. The average Bonchev–Trinajstić information content (AvgIpc) is 3.19. The Kier molecular flexibility index (Phi) is 6.50. The van der Waals surface area contributed by atoms with E-state index < -0.39 is 11.7 Å². The molecule has 29 heavy (non-hydrogen) atoms. The van der Waals surface area contributed by atoms with Crippen LogP contribution in [-0.4, -0.2) is 44.6 Å². The van der Waals surface area contributed by atoms with Gasteiger partial charge in [0.15, 0.2) is 0 Å². The van der Waals surface area contributed by atoms with Crippen molar-refractivity contribution < 1.29 is 22.8 Å². The van der Waals surface area contributed by atoms with E-state index in [-0.39, 0.29) is 30.7 Å². The number of amides is 2. The Hall–Kier alpha value is -2.91. The molecule has 1 atom stereocenters. The normalized spacial score (nSPS) is 17.2.